The van der Waals surface area contributed by atoms with E-state index in [1.807, 2.05) is 48.5 Å². The number of benzene rings is 3. The first-order valence-corrected chi connectivity index (χ1v) is 11.4. The van der Waals surface area contributed by atoms with Gasteiger partial charge in [-0.05, 0) is 47.6 Å². The van der Waals surface area contributed by atoms with Crippen LogP contribution in [0.2, 0.25) is 0 Å². The number of rotatable bonds is 7. The topological polar surface area (TPSA) is 55.4 Å². The molecule has 0 aliphatic heterocycles. The minimum atomic E-state index is -0.686. The molecule has 0 unspecified atom stereocenters. The maximum Gasteiger partial charge on any atom is 0.265 e. The molecule has 0 aliphatic rings. The average molecular weight is 444 g/mol. The Labute approximate surface area is 197 Å². The lowest BCUT2D eigenvalue weighted by Crippen LogP contribution is -2.30. The van der Waals surface area contributed by atoms with Gasteiger partial charge in [-0.15, -0.1) is 0 Å². The SMILES string of the molecule is CC(C)c1ccccc1O[C@H](C)C(=O)Nc1cccc(C(=O)c2ccc(C(C)(C)C)cc2)c1. The van der Waals surface area contributed by atoms with Crippen LogP contribution in [0.4, 0.5) is 5.69 Å². The Balaban J connectivity index is 1.70. The van der Waals surface area contributed by atoms with Gasteiger partial charge in [-0.1, -0.05) is 89.2 Å². The number of nitrogens with one attached hydrogen (secondary N) is 1. The number of ether oxygens (including phenoxy) is 1. The van der Waals surface area contributed by atoms with Gasteiger partial charge in [0.2, 0.25) is 0 Å². The fourth-order valence-corrected chi connectivity index (χ4v) is 3.58. The number of carbonyl (C=O) groups is 2. The predicted octanol–water partition coefficient (Wildman–Crippen LogP) is 6.74. The van der Waals surface area contributed by atoms with Gasteiger partial charge in [0.15, 0.2) is 11.9 Å². The summed E-state index contributed by atoms with van der Waals surface area (Å²) in [6.45, 7) is 12.3. The molecule has 0 bridgehead atoms. The molecule has 0 fully saturated rings. The van der Waals surface area contributed by atoms with E-state index >= 15 is 0 Å². The second kappa shape index (κ2) is 10.0. The molecule has 0 saturated carbocycles. The van der Waals surface area contributed by atoms with Gasteiger partial charge in [0, 0.05) is 16.8 Å². The number of amides is 1. The number of hydrogen-bond acceptors (Lipinski definition) is 3. The molecule has 3 rings (SSSR count). The van der Waals surface area contributed by atoms with E-state index in [1.165, 1.54) is 5.56 Å². The van der Waals surface area contributed by atoms with E-state index in [2.05, 4.69) is 39.9 Å². The minimum Gasteiger partial charge on any atom is -0.481 e. The summed E-state index contributed by atoms with van der Waals surface area (Å²) < 4.78 is 5.95. The normalized spacial score (nSPS) is 12.3. The number of ketones is 1. The Kier molecular flexibility index (Phi) is 7.37. The van der Waals surface area contributed by atoms with Crippen molar-refractivity contribution >= 4 is 17.4 Å². The highest BCUT2D eigenvalue weighted by molar-refractivity contribution is 6.09. The molecule has 172 valence electrons. The third kappa shape index (κ3) is 6.10. The van der Waals surface area contributed by atoms with E-state index in [9.17, 15) is 9.59 Å². The maximum absolute atomic E-state index is 13.0. The molecule has 1 amide bonds. The van der Waals surface area contributed by atoms with Crippen LogP contribution in [0, 0.1) is 0 Å². The van der Waals surface area contributed by atoms with Crippen molar-refractivity contribution < 1.29 is 14.3 Å². The first kappa shape index (κ1) is 24.2. The molecule has 0 heterocycles. The zero-order valence-corrected chi connectivity index (χ0v) is 20.3. The number of carbonyl (C=O) groups excluding carboxylic acids is 2. The zero-order valence-electron chi connectivity index (χ0n) is 20.3. The molecule has 0 spiro atoms. The minimum absolute atomic E-state index is 0.0280. The van der Waals surface area contributed by atoms with Gasteiger partial charge in [0.1, 0.15) is 5.75 Å². The Bertz CT molecular complexity index is 1120. The third-order valence-corrected chi connectivity index (χ3v) is 5.62. The number of para-hydroxylation sites is 1. The molecule has 0 saturated heterocycles. The lowest BCUT2D eigenvalue weighted by molar-refractivity contribution is -0.122. The van der Waals surface area contributed by atoms with Gasteiger partial charge < -0.3 is 10.1 Å². The summed E-state index contributed by atoms with van der Waals surface area (Å²) in [5.74, 6) is 0.642. The van der Waals surface area contributed by atoms with Gasteiger partial charge >= 0.3 is 0 Å². The summed E-state index contributed by atoms with van der Waals surface area (Å²) in [6, 6.07) is 22.4. The molecule has 3 aromatic rings. The molecule has 4 nitrogen and oxygen atoms in total. The summed E-state index contributed by atoms with van der Waals surface area (Å²) in [7, 11) is 0. The van der Waals surface area contributed by atoms with Gasteiger partial charge in [0.25, 0.3) is 5.91 Å². The van der Waals surface area contributed by atoms with Crippen LogP contribution in [-0.2, 0) is 10.2 Å². The van der Waals surface area contributed by atoms with E-state index < -0.39 is 6.10 Å². The summed E-state index contributed by atoms with van der Waals surface area (Å²) in [5, 5.41) is 2.87. The van der Waals surface area contributed by atoms with E-state index in [0.29, 0.717) is 22.6 Å². The lowest BCUT2D eigenvalue weighted by Gasteiger charge is -2.19. The smallest absolute Gasteiger partial charge is 0.265 e. The van der Waals surface area contributed by atoms with Crippen molar-refractivity contribution in [3.05, 3.63) is 95.1 Å². The Morgan fingerprint density at radius 3 is 2.12 bits per heavy atom. The monoisotopic (exact) mass is 443 g/mol. The van der Waals surface area contributed by atoms with Crippen molar-refractivity contribution in [3.8, 4) is 5.75 Å². The van der Waals surface area contributed by atoms with Gasteiger partial charge in [-0.25, -0.2) is 0 Å². The molecular formula is C29H33NO3. The summed E-state index contributed by atoms with van der Waals surface area (Å²) >= 11 is 0. The van der Waals surface area contributed by atoms with Gasteiger partial charge in [0.05, 0.1) is 0 Å². The van der Waals surface area contributed by atoms with E-state index in [1.54, 1.807) is 31.2 Å². The molecule has 1 atom stereocenters. The second-order valence-corrected chi connectivity index (χ2v) is 9.68. The summed E-state index contributed by atoms with van der Waals surface area (Å²) in [5.41, 5.74) is 3.96. The lowest BCUT2D eigenvalue weighted by atomic mass is 9.86. The Morgan fingerprint density at radius 2 is 1.48 bits per heavy atom. The van der Waals surface area contributed by atoms with E-state index in [-0.39, 0.29) is 23.0 Å². The van der Waals surface area contributed by atoms with E-state index in [4.69, 9.17) is 4.74 Å². The highest BCUT2D eigenvalue weighted by Crippen LogP contribution is 2.27. The summed E-state index contributed by atoms with van der Waals surface area (Å²) in [4.78, 5) is 25.7. The molecule has 1 N–H and O–H groups in total. The van der Waals surface area contributed by atoms with Crippen LogP contribution < -0.4 is 10.1 Å². The Morgan fingerprint density at radius 1 is 0.818 bits per heavy atom. The van der Waals surface area contributed by atoms with E-state index in [0.717, 1.165) is 5.56 Å². The van der Waals surface area contributed by atoms with Gasteiger partial charge in [-0.3, -0.25) is 9.59 Å². The number of anilines is 1. The first-order chi connectivity index (χ1) is 15.6. The average Bonchev–Trinajstić information content (AvgIpc) is 2.78. The van der Waals surface area contributed by atoms with Crippen molar-refractivity contribution in [3.63, 3.8) is 0 Å². The fraction of sp³-hybridized carbons (Fsp3) is 0.310. The van der Waals surface area contributed by atoms with Crippen LogP contribution >= 0.6 is 0 Å². The molecule has 3 aromatic carbocycles. The third-order valence-electron chi connectivity index (χ3n) is 5.62. The van der Waals surface area contributed by atoms with Crippen LogP contribution in [-0.4, -0.2) is 17.8 Å². The number of hydrogen-bond donors (Lipinski definition) is 1. The standard InChI is InChI=1S/C29H33NO3/c1-19(2)25-12-7-8-13-26(25)33-20(3)28(32)30-24-11-9-10-22(18-24)27(31)21-14-16-23(17-15-21)29(4,5)6/h7-20H,1-6H3,(H,30,32)/t20-/m1/s1. The Hall–Kier alpha value is -3.40. The van der Waals surface area contributed by atoms with Crippen LogP contribution in [0.25, 0.3) is 0 Å². The van der Waals surface area contributed by atoms with Crippen LogP contribution in [0.15, 0.2) is 72.8 Å². The molecule has 0 aliphatic carbocycles. The van der Waals surface area contributed by atoms with Crippen LogP contribution in [0.5, 0.6) is 5.75 Å². The molecule has 33 heavy (non-hydrogen) atoms. The van der Waals surface area contributed by atoms with Crippen LogP contribution in [0.1, 0.15) is 74.5 Å². The maximum atomic E-state index is 13.0. The van der Waals surface area contributed by atoms with Crippen LogP contribution in [0.3, 0.4) is 0 Å². The first-order valence-electron chi connectivity index (χ1n) is 11.4. The van der Waals surface area contributed by atoms with Crippen molar-refractivity contribution in [2.24, 2.45) is 0 Å². The highest BCUT2D eigenvalue weighted by atomic mass is 16.5. The van der Waals surface area contributed by atoms with Crippen molar-refractivity contribution in [2.45, 2.75) is 59.0 Å². The molecule has 4 heteroatoms. The largest absolute Gasteiger partial charge is 0.481 e. The fourth-order valence-electron chi connectivity index (χ4n) is 3.58. The van der Waals surface area contributed by atoms with Crippen molar-refractivity contribution in [2.75, 3.05) is 5.32 Å². The summed E-state index contributed by atoms with van der Waals surface area (Å²) in [6.07, 6.45) is -0.686. The predicted molar refractivity (Wildman–Crippen MR) is 134 cm³/mol. The highest BCUT2D eigenvalue weighted by Gasteiger charge is 2.19. The zero-order chi connectivity index (χ0) is 24.2. The van der Waals surface area contributed by atoms with Crippen molar-refractivity contribution in [1.29, 1.82) is 0 Å². The molecule has 0 radical (unpaired) electrons. The molecular weight excluding hydrogens is 410 g/mol. The quantitative estimate of drug-likeness (QED) is 0.411. The molecule has 0 aromatic heterocycles. The van der Waals surface area contributed by atoms with Crippen molar-refractivity contribution in [1.82, 2.24) is 0 Å². The van der Waals surface area contributed by atoms with Gasteiger partial charge in [-0.2, -0.15) is 0 Å². The second-order valence-electron chi connectivity index (χ2n) is 9.68.